The molecule has 0 unspecified atom stereocenters. The summed E-state index contributed by atoms with van der Waals surface area (Å²) in [6.07, 6.45) is 1.65. The molecule has 7 nitrogen and oxygen atoms in total. The molecule has 0 amide bonds. The van der Waals surface area contributed by atoms with Gasteiger partial charge in [0.25, 0.3) is 5.56 Å². The van der Waals surface area contributed by atoms with E-state index in [1.165, 1.54) is 23.0 Å². The molecule has 2 aromatic heterocycles. The van der Waals surface area contributed by atoms with Crippen LogP contribution in [0.1, 0.15) is 24.3 Å². The lowest BCUT2D eigenvalue weighted by atomic mass is 9.96. The van der Waals surface area contributed by atoms with Crippen molar-refractivity contribution in [3.05, 3.63) is 107 Å². The molecule has 10 heteroatoms. The number of hydrogen-bond acceptors (Lipinski definition) is 7. The maximum absolute atomic E-state index is 13.7. The molecular formula is C27H20Cl2N2O5S. The molecule has 0 radical (unpaired) electrons. The number of thiazole rings is 1. The molecule has 5 rings (SSSR count). The second-order valence-electron chi connectivity index (χ2n) is 8.17. The molecule has 188 valence electrons. The third-order valence-corrected chi connectivity index (χ3v) is 7.49. The first kappa shape index (κ1) is 25.1. The molecule has 1 aliphatic heterocycles. The van der Waals surface area contributed by atoms with Gasteiger partial charge in [-0.3, -0.25) is 9.36 Å². The molecule has 37 heavy (non-hydrogen) atoms. The summed E-state index contributed by atoms with van der Waals surface area (Å²) in [4.78, 5) is 31.5. The Hall–Kier alpha value is -3.59. The van der Waals surface area contributed by atoms with E-state index >= 15 is 0 Å². The minimum absolute atomic E-state index is 0.296. The van der Waals surface area contributed by atoms with Gasteiger partial charge in [-0.1, -0.05) is 46.7 Å². The van der Waals surface area contributed by atoms with Gasteiger partial charge in [-0.15, -0.1) is 0 Å². The number of aromatic nitrogens is 1. The van der Waals surface area contributed by atoms with Gasteiger partial charge in [0.05, 0.1) is 41.1 Å². The Bertz CT molecular complexity index is 1730. The first-order valence-corrected chi connectivity index (χ1v) is 12.7. The fourth-order valence-electron chi connectivity index (χ4n) is 4.19. The average molecular weight is 555 g/mol. The summed E-state index contributed by atoms with van der Waals surface area (Å²) in [6.45, 7) is 1.73. The Morgan fingerprint density at radius 2 is 1.86 bits per heavy atom. The van der Waals surface area contributed by atoms with Crippen molar-refractivity contribution in [2.45, 2.75) is 13.0 Å². The van der Waals surface area contributed by atoms with Gasteiger partial charge in [0, 0.05) is 16.7 Å². The predicted molar refractivity (Wildman–Crippen MR) is 143 cm³/mol. The van der Waals surface area contributed by atoms with E-state index in [9.17, 15) is 9.59 Å². The molecule has 0 aliphatic carbocycles. The molecule has 1 aliphatic rings. The number of carbonyl (C=O) groups is 1. The standard InChI is InChI=1S/C27H20Cl2N2O5S/c1-14-23(26(33)35-3)24(15-4-7-17(34-2)8-5-15)31-25(32)22(37-27(31)30-14)13-18-9-11-21(36-18)19-10-6-16(28)12-20(19)29/h4-13,24H,1-3H3/b22-13-/t24-/m1/s1. The molecule has 4 aromatic rings. The van der Waals surface area contributed by atoms with Crippen LogP contribution in [0.2, 0.25) is 10.0 Å². The van der Waals surface area contributed by atoms with Crippen molar-refractivity contribution < 1.29 is 18.7 Å². The molecule has 2 aromatic carbocycles. The van der Waals surface area contributed by atoms with Gasteiger partial charge >= 0.3 is 5.97 Å². The molecule has 0 bridgehead atoms. The highest BCUT2D eigenvalue weighted by Gasteiger charge is 2.33. The first-order chi connectivity index (χ1) is 17.8. The fourth-order valence-corrected chi connectivity index (χ4v) is 5.72. The van der Waals surface area contributed by atoms with Crippen molar-refractivity contribution in [3.63, 3.8) is 0 Å². The van der Waals surface area contributed by atoms with Gasteiger partial charge in [0.15, 0.2) is 4.80 Å². The molecule has 0 saturated heterocycles. The molecular weight excluding hydrogens is 535 g/mol. The van der Waals surface area contributed by atoms with E-state index in [2.05, 4.69) is 4.99 Å². The lowest BCUT2D eigenvalue weighted by molar-refractivity contribution is -0.136. The number of hydrogen-bond donors (Lipinski definition) is 0. The van der Waals surface area contributed by atoms with Crippen LogP contribution in [0.3, 0.4) is 0 Å². The molecule has 0 spiro atoms. The van der Waals surface area contributed by atoms with Crippen LogP contribution in [0.25, 0.3) is 17.4 Å². The SMILES string of the molecule is COC(=O)C1=C(C)N=c2s/c(=C\c3ccc(-c4ccc(Cl)cc4Cl)o3)c(=O)n2[C@@H]1c1ccc(OC)cc1. The van der Waals surface area contributed by atoms with Crippen LogP contribution in [0.5, 0.6) is 5.75 Å². The number of fused-ring (bicyclic) bond motifs is 1. The Morgan fingerprint density at radius 3 is 2.54 bits per heavy atom. The number of esters is 1. The van der Waals surface area contributed by atoms with Crippen molar-refractivity contribution in [2.24, 2.45) is 4.99 Å². The van der Waals surface area contributed by atoms with Crippen LogP contribution in [-0.2, 0) is 9.53 Å². The zero-order valence-corrected chi connectivity index (χ0v) is 22.3. The van der Waals surface area contributed by atoms with E-state index < -0.39 is 12.0 Å². The number of rotatable bonds is 5. The first-order valence-electron chi connectivity index (χ1n) is 11.1. The summed E-state index contributed by atoms with van der Waals surface area (Å²) in [5.74, 6) is 1.12. The number of ether oxygens (including phenoxy) is 2. The quantitative estimate of drug-likeness (QED) is 0.325. The summed E-state index contributed by atoms with van der Waals surface area (Å²) in [7, 11) is 2.88. The summed E-state index contributed by atoms with van der Waals surface area (Å²) in [6, 6.07) is 15.1. The van der Waals surface area contributed by atoms with Crippen molar-refractivity contribution in [1.82, 2.24) is 4.57 Å². The number of allylic oxidation sites excluding steroid dienone is 1. The van der Waals surface area contributed by atoms with Crippen molar-refractivity contribution in [1.29, 1.82) is 0 Å². The highest BCUT2D eigenvalue weighted by Crippen LogP contribution is 2.33. The Morgan fingerprint density at radius 1 is 1.11 bits per heavy atom. The predicted octanol–water partition coefficient (Wildman–Crippen LogP) is 4.98. The fraction of sp³-hybridized carbons (Fsp3) is 0.148. The van der Waals surface area contributed by atoms with Gasteiger partial charge in [-0.25, -0.2) is 9.79 Å². The average Bonchev–Trinajstić information content (AvgIpc) is 3.47. The topological polar surface area (TPSA) is 83.0 Å². The van der Waals surface area contributed by atoms with Crippen molar-refractivity contribution in [2.75, 3.05) is 14.2 Å². The van der Waals surface area contributed by atoms with Crippen molar-refractivity contribution in [3.8, 4) is 17.1 Å². The lowest BCUT2D eigenvalue weighted by Gasteiger charge is -2.24. The van der Waals surface area contributed by atoms with E-state index in [0.717, 1.165) is 5.56 Å². The summed E-state index contributed by atoms with van der Waals surface area (Å²) >= 11 is 13.5. The Balaban J connectivity index is 1.63. The highest BCUT2D eigenvalue weighted by atomic mass is 35.5. The van der Waals surface area contributed by atoms with E-state index in [-0.39, 0.29) is 5.56 Å². The maximum Gasteiger partial charge on any atom is 0.338 e. The minimum Gasteiger partial charge on any atom is -0.497 e. The van der Waals surface area contributed by atoms with Crippen LogP contribution < -0.4 is 19.6 Å². The summed E-state index contributed by atoms with van der Waals surface area (Å²) in [5, 5.41) is 0.979. The minimum atomic E-state index is -0.711. The van der Waals surface area contributed by atoms with Crippen LogP contribution in [0.4, 0.5) is 0 Å². The normalized spacial score (nSPS) is 15.4. The Kier molecular flexibility index (Phi) is 6.81. The summed E-state index contributed by atoms with van der Waals surface area (Å²) in [5.41, 5.74) is 1.88. The third kappa shape index (κ3) is 4.64. The Labute approximate surface area is 225 Å². The van der Waals surface area contributed by atoms with Crippen LogP contribution in [0.15, 0.2) is 80.1 Å². The zero-order valence-electron chi connectivity index (χ0n) is 20.0. The van der Waals surface area contributed by atoms with E-state index in [4.69, 9.17) is 37.1 Å². The molecule has 0 fully saturated rings. The van der Waals surface area contributed by atoms with Crippen LogP contribution >= 0.6 is 34.5 Å². The molecule has 3 heterocycles. The number of benzene rings is 2. The van der Waals surface area contributed by atoms with E-state index in [1.807, 2.05) is 12.1 Å². The number of furan rings is 1. The lowest BCUT2D eigenvalue weighted by Crippen LogP contribution is -2.39. The number of nitrogens with zero attached hydrogens (tertiary/aromatic N) is 2. The van der Waals surface area contributed by atoms with Gasteiger partial charge < -0.3 is 13.9 Å². The second kappa shape index (κ2) is 10.0. The number of methoxy groups -OCH3 is 2. The van der Waals surface area contributed by atoms with E-state index in [0.29, 0.717) is 53.5 Å². The summed E-state index contributed by atoms with van der Waals surface area (Å²) < 4.78 is 18.2. The largest absolute Gasteiger partial charge is 0.497 e. The van der Waals surface area contributed by atoms with Crippen molar-refractivity contribution >= 4 is 46.6 Å². The van der Waals surface area contributed by atoms with E-state index in [1.54, 1.807) is 62.6 Å². The molecule has 0 N–H and O–H groups in total. The smallest absolute Gasteiger partial charge is 0.338 e. The highest BCUT2D eigenvalue weighted by molar-refractivity contribution is 7.07. The van der Waals surface area contributed by atoms with Gasteiger partial charge in [0.2, 0.25) is 0 Å². The number of carbonyl (C=O) groups excluding carboxylic acids is 1. The number of halogens is 2. The van der Waals surface area contributed by atoms with Crippen LogP contribution in [0, 0.1) is 0 Å². The molecule has 0 saturated carbocycles. The molecule has 1 atom stereocenters. The monoisotopic (exact) mass is 554 g/mol. The third-order valence-electron chi connectivity index (χ3n) is 5.96. The van der Waals surface area contributed by atoms with Crippen LogP contribution in [-0.4, -0.2) is 24.8 Å². The van der Waals surface area contributed by atoms with Gasteiger partial charge in [0.1, 0.15) is 17.3 Å². The maximum atomic E-state index is 13.7. The van der Waals surface area contributed by atoms with Gasteiger partial charge in [-0.2, -0.15) is 0 Å². The zero-order chi connectivity index (χ0) is 26.3. The van der Waals surface area contributed by atoms with Gasteiger partial charge in [-0.05, 0) is 55.0 Å². The second-order valence-corrected chi connectivity index (χ2v) is 10.0.